The summed E-state index contributed by atoms with van der Waals surface area (Å²) in [5, 5.41) is 2.56. The molecule has 0 fully saturated rings. The molecule has 0 saturated heterocycles. The summed E-state index contributed by atoms with van der Waals surface area (Å²) < 4.78 is 38.0. The van der Waals surface area contributed by atoms with E-state index in [-0.39, 0.29) is 11.5 Å². The lowest BCUT2D eigenvalue weighted by molar-refractivity contribution is -0.138. The van der Waals surface area contributed by atoms with E-state index < -0.39 is 11.7 Å². The third kappa shape index (κ3) is 4.66. The summed E-state index contributed by atoms with van der Waals surface area (Å²) in [5.74, 6) is 5.29. The van der Waals surface area contributed by atoms with Gasteiger partial charge < -0.3 is 5.32 Å². The van der Waals surface area contributed by atoms with Gasteiger partial charge in [0.25, 0.3) is 0 Å². The zero-order valence-electron chi connectivity index (χ0n) is 10.7. The molecule has 102 valence electrons. The summed E-state index contributed by atoms with van der Waals surface area (Å²) in [6.45, 7) is 3.19. The van der Waals surface area contributed by atoms with Crippen LogP contribution in [0.25, 0.3) is 0 Å². The number of hydrogen-bond acceptors (Lipinski definition) is 1. The molecular weight excluding hydrogens is 255 g/mol. The van der Waals surface area contributed by atoms with Crippen LogP contribution >= 0.6 is 0 Å². The molecule has 0 bridgehead atoms. The minimum Gasteiger partial charge on any atom is -0.355 e. The molecule has 1 rings (SSSR count). The predicted molar refractivity (Wildman–Crippen MR) is 66.4 cm³/mol. The number of nitrogens with one attached hydrogen (secondary N) is 1. The zero-order chi connectivity index (χ0) is 14.5. The summed E-state index contributed by atoms with van der Waals surface area (Å²) in [4.78, 5) is 10.6. The van der Waals surface area contributed by atoms with Crippen LogP contribution < -0.4 is 5.32 Å². The Hall–Kier alpha value is -1.96. The molecule has 0 saturated carbocycles. The van der Waals surface area contributed by atoms with Crippen molar-refractivity contribution >= 4 is 5.91 Å². The van der Waals surface area contributed by atoms with E-state index in [2.05, 4.69) is 17.2 Å². The second-order valence-corrected chi connectivity index (χ2v) is 4.01. The molecular formula is C14H14F3NO. The lowest BCUT2D eigenvalue weighted by atomic mass is 10.0. The first-order valence-electron chi connectivity index (χ1n) is 5.72. The lowest BCUT2D eigenvalue weighted by Gasteiger charge is -2.10. The van der Waals surface area contributed by atoms with Gasteiger partial charge in [-0.25, -0.2) is 0 Å². The van der Waals surface area contributed by atoms with Crippen LogP contribution in [0.2, 0.25) is 0 Å². The Labute approximate surface area is 110 Å². The topological polar surface area (TPSA) is 29.1 Å². The highest BCUT2D eigenvalue weighted by Crippen LogP contribution is 2.32. The summed E-state index contributed by atoms with van der Waals surface area (Å²) in [5.41, 5.74) is -0.180. The molecule has 0 aliphatic heterocycles. The van der Waals surface area contributed by atoms with E-state index >= 15 is 0 Å². The Morgan fingerprint density at radius 1 is 1.37 bits per heavy atom. The summed E-state index contributed by atoms with van der Waals surface area (Å²) >= 11 is 0. The standard InChI is InChI=1S/C14H14F3NO/c1-10-12(6-3-4-9-18-11(2)19)7-5-8-13(10)14(15,16)17/h5,7-8H,4,9H2,1-2H3,(H,18,19). The molecule has 1 aromatic rings. The van der Waals surface area contributed by atoms with Crippen LogP contribution in [0.5, 0.6) is 0 Å². The molecule has 1 amide bonds. The molecule has 5 heteroatoms. The van der Waals surface area contributed by atoms with Crippen LogP contribution in [-0.2, 0) is 11.0 Å². The van der Waals surface area contributed by atoms with E-state index in [0.29, 0.717) is 18.5 Å². The van der Waals surface area contributed by atoms with Gasteiger partial charge in [-0.05, 0) is 24.6 Å². The van der Waals surface area contributed by atoms with Crippen LogP contribution in [0.3, 0.4) is 0 Å². The molecule has 0 aliphatic rings. The average Bonchev–Trinajstić information content (AvgIpc) is 2.28. The van der Waals surface area contributed by atoms with E-state index in [4.69, 9.17) is 0 Å². The van der Waals surface area contributed by atoms with Crippen molar-refractivity contribution < 1.29 is 18.0 Å². The molecule has 1 aromatic carbocycles. The van der Waals surface area contributed by atoms with Gasteiger partial charge in [0.2, 0.25) is 5.91 Å². The van der Waals surface area contributed by atoms with Crippen molar-refractivity contribution in [2.75, 3.05) is 6.54 Å². The Kier molecular flexibility index (Phi) is 4.99. The van der Waals surface area contributed by atoms with E-state index in [9.17, 15) is 18.0 Å². The second-order valence-electron chi connectivity index (χ2n) is 4.01. The minimum atomic E-state index is -4.36. The SMILES string of the molecule is CC(=O)NCCC#Cc1cccc(C(F)(F)F)c1C. The number of carbonyl (C=O) groups excluding carboxylic acids is 1. The maximum atomic E-state index is 12.7. The first-order chi connectivity index (χ1) is 8.82. The Bertz CT molecular complexity index is 524. The van der Waals surface area contributed by atoms with Crippen molar-refractivity contribution in [1.82, 2.24) is 5.32 Å². The van der Waals surface area contributed by atoms with Crippen LogP contribution in [0.15, 0.2) is 18.2 Å². The van der Waals surface area contributed by atoms with E-state index in [1.165, 1.54) is 19.9 Å². The van der Waals surface area contributed by atoms with Gasteiger partial charge in [-0.15, -0.1) is 0 Å². The molecule has 0 aromatic heterocycles. The van der Waals surface area contributed by atoms with Crippen molar-refractivity contribution in [3.8, 4) is 11.8 Å². The van der Waals surface area contributed by atoms with Gasteiger partial charge in [0, 0.05) is 25.5 Å². The molecule has 0 heterocycles. The second kappa shape index (κ2) is 6.28. The fourth-order valence-electron chi connectivity index (χ4n) is 1.54. The highest BCUT2D eigenvalue weighted by Gasteiger charge is 2.32. The van der Waals surface area contributed by atoms with Crippen LogP contribution in [-0.4, -0.2) is 12.5 Å². The largest absolute Gasteiger partial charge is 0.416 e. The van der Waals surface area contributed by atoms with Gasteiger partial charge in [0.15, 0.2) is 0 Å². The first-order valence-corrected chi connectivity index (χ1v) is 5.72. The molecule has 0 radical (unpaired) electrons. The van der Waals surface area contributed by atoms with Crippen LogP contribution in [0.4, 0.5) is 13.2 Å². The zero-order valence-corrected chi connectivity index (χ0v) is 10.7. The van der Waals surface area contributed by atoms with Gasteiger partial charge in [0.05, 0.1) is 5.56 Å². The summed E-state index contributed by atoms with van der Waals surface area (Å²) in [6.07, 6.45) is -3.97. The first kappa shape index (κ1) is 15.1. The number of alkyl halides is 3. The predicted octanol–water partition coefficient (Wildman–Crippen LogP) is 2.89. The van der Waals surface area contributed by atoms with Gasteiger partial charge in [-0.3, -0.25) is 4.79 Å². The number of hydrogen-bond donors (Lipinski definition) is 1. The van der Waals surface area contributed by atoms with Gasteiger partial charge in [-0.2, -0.15) is 13.2 Å². The maximum absolute atomic E-state index is 12.7. The molecule has 0 aliphatic carbocycles. The number of carbonyl (C=O) groups is 1. The van der Waals surface area contributed by atoms with Gasteiger partial charge in [-0.1, -0.05) is 17.9 Å². The summed E-state index contributed by atoms with van der Waals surface area (Å²) in [6, 6.07) is 3.93. The molecule has 19 heavy (non-hydrogen) atoms. The molecule has 1 N–H and O–H groups in total. The van der Waals surface area contributed by atoms with Crippen LogP contribution in [0.1, 0.15) is 30.0 Å². The summed E-state index contributed by atoms with van der Waals surface area (Å²) in [7, 11) is 0. The molecule has 0 unspecified atom stereocenters. The fourth-order valence-corrected chi connectivity index (χ4v) is 1.54. The molecule has 0 atom stereocenters. The number of rotatable bonds is 2. The third-order valence-corrected chi connectivity index (χ3v) is 2.49. The normalized spacial score (nSPS) is 10.6. The van der Waals surface area contributed by atoms with E-state index in [1.54, 1.807) is 6.07 Å². The highest BCUT2D eigenvalue weighted by atomic mass is 19.4. The Morgan fingerprint density at radius 2 is 2.05 bits per heavy atom. The van der Waals surface area contributed by atoms with Crippen LogP contribution in [0, 0.1) is 18.8 Å². The number of halogens is 3. The monoisotopic (exact) mass is 269 g/mol. The number of benzene rings is 1. The molecule has 0 spiro atoms. The maximum Gasteiger partial charge on any atom is 0.416 e. The fraction of sp³-hybridized carbons (Fsp3) is 0.357. The number of amides is 1. The van der Waals surface area contributed by atoms with Crippen molar-refractivity contribution in [1.29, 1.82) is 0 Å². The molecule has 2 nitrogen and oxygen atoms in total. The third-order valence-electron chi connectivity index (χ3n) is 2.49. The van der Waals surface area contributed by atoms with Crippen molar-refractivity contribution in [3.63, 3.8) is 0 Å². The highest BCUT2D eigenvalue weighted by molar-refractivity contribution is 5.72. The van der Waals surface area contributed by atoms with Gasteiger partial charge >= 0.3 is 6.18 Å². The smallest absolute Gasteiger partial charge is 0.355 e. The Morgan fingerprint density at radius 3 is 2.63 bits per heavy atom. The van der Waals surface area contributed by atoms with Crippen molar-refractivity contribution in [3.05, 3.63) is 34.9 Å². The van der Waals surface area contributed by atoms with E-state index in [0.717, 1.165) is 6.07 Å². The van der Waals surface area contributed by atoms with E-state index in [1.807, 2.05) is 0 Å². The minimum absolute atomic E-state index is 0.127. The average molecular weight is 269 g/mol. The Balaban J connectivity index is 2.80. The van der Waals surface area contributed by atoms with Gasteiger partial charge in [0.1, 0.15) is 0 Å². The lowest BCUT2D eigenvalue weighted by Crippen LogP contribution is -2.20. The quantitative estimate of drug-likeness (QED) is 0.649. The van der Waals surface area contributed by atoms with Crippen molar-refractivity contribution in [2.45, 2.75) is 26.4 Å². The van der Waals surface area contributed by atoms with Crippen molar-refractivity contribution in [2.24, 2.45) is 0 Å².